The predicted molar refractivity (Wildman–Crippen MR) is 89.6 cm³/mol. The third-order valence-electron chi connectivity index (χ3n) is 4.80. The fourth-order valence-electron chi connectivity index (χ4n) is 3.60. The highest BCUT2D eigenvalue weighted by molar-refractivity contribution is 6.29. The molecule has 120 valence electrons. The van der Waals surface area contributed by atoms with Gasteiger partial charge in [0.1, 0.15) is 11.0 Å². The van der Waals surface area contributed by atoms with Crippen molar-refractivity contribution in [1.29, 1.82) is 0 Å². The minimum absolute atomic E-state index is 0.115. The molecular weight excluding hydrogens is 312 g/mol. The first-order chi connectivity index (χ1) is 11.2. The molecule has 1 aromatic carbocycles. The van der Waals surface area contributed by atoms with Gasteiger partial charge in [0, 0.05) is 26.2 Å². The van der Waals surface area contributed by atoms with E-state index < -0.39 is 0 Å². The van der Waals surface area contributed by atoms with Crippen LogP contribution in [0.25, 0.3) is 0 Å². The Morgan fingerprint density at radius 2 is 1.96 bits per heavy atom. The van der Waals surface area contributed by atoms with Crippen LogP contribution >= 0.6 is 11.6 Å². The highest BCUT2D eigenvalue weighted by atomic mass is 35.5. The van der Waals surface area contributed by atoms with Gasteiger partial charge in [-0.15, -0.1) is 0 Å². The van der Waals surface area contributed by atoms with Crippen molar-refractivity contribution in [2.45, 2.75) is 25.1 Å². The quantitative estimate of drug-likeness (QED) is 0.909. The van der Waals surface area contributed by atoms with Crippen LogP contribution in [0, 0.1) is 0 Å². The van der Waals surface area contributed by atoms with Crippen molar-refractivity contribution in [3.05, 3.63) is 52.9 Å². The monoisotopic (exact) mass is 330 g/mol. The number of aliphatic hydroxyl groups is 1. The van der Waals surface area contributed by atoms with Crippen molar-refractivity contribution in [1.82, 2.24) is 14.9 Å². The van der Waals surface area contributed by atoms with Crippen molar-refractivity contribution in [2.24, 2.45) is 0 Å². The number of anilines is 1. The van der Waals surface area contributed by atoms with Crippen molar-refractivity contribution in [3.63, 3.8) is 0 Å². The fraction of sp³-hybridized carbons (Fsp3) is 0.412. The van der Waals surface area contributed by atoms with Crippen molar-refractivity contribution >= 4 is 17.4 Å². The Hall–Kier alpha value is -1.69. The number of nitrogens with zero attached hydrogens (tertiary/aromatic N) is 4. The average molecular weight is 331 g/mol. The van der Waals surface area contributed by atoms with Gasteiger partial charge in [-0.1, -0.05) is 35.9 Å². The molecule has 2 aliphatic rings. The molecule has 2 atom stereocenters. The Labute approximate surface area is 140 Å². The second kappa shape index (κ2) is 6.07. The molecule has 0 aliphatic carbocycles. The minimum Gasteiger partial charge on any atom is -0.390 e. The van der Waals surface area contributed by atoms with Crippen LogP contribution < -0.4 is 4.90 Å². The van der Waals surface area contributed by atoms with Gasteiger partial charge in [-0.05, 0) is 17.5 Å². The molecule has 2 aromatic rings. The molecule has 1 aromatic heterocycles. The number of aromatic nitrogens is 2. The van der Waals surface area contributed by atoms with Gasteiger partial charge < -0.3 is 10.0 Å². The summed E-state index contributed by atoms with van der Waals surface area (Å²) in [5, 5.41) is 10.9. The van der Waals surface area contributed by atoms with Crippen LogP contribution in [0.1, 0.15) is 11.1 Å². The molecule has 0 radical (unpaired) electrons. The summed E-state index contributed by atoms with van der Waals surface area (Å²) >= 11 is 5.93. The topological polar surface area (TPSA) is 52.5 Å². The van der Waals surface area contributed by atoms with Crippen LogP contribution in [0.5, 0.6) is 0 Å². The van der Waals surface area contributed by atoms with E-state index in [1.807, 2.05) is 0 Å². The largest absolute Gasteiger partial charge is 0.390 e. The number of aliphatic hydroxyl groups excluding tert-OH is 1. The van der Waals surface area contributed by atoms with Gasteiger partial charge in [0.05, 0.1) is 24.5 Å². The molecule has 4 rings (SSSR count). The number of halogens is 1. The lowest BCUT2D eigenvalue weighted by molar-refractivity contribution is 0.0747. The molecule has 1 N–H and O–H groups in total. The van der Waals surface area contributed by atoms with E-state index in [2.05, 4.69) is 44.0 Å². The Kier molecular flexibility index (Phi) is 3.93. The van der Waals surface area contributed by atoms with Crippen molar-refractivity contribution in [2.75, 3.05) is 24.5 Å². The summed E-state index contributed by atoms with van der Waals surface area (Å²) in [6.07, 6.45) is 3.88. The van der Waals surface area contributed by atoms with E-state index in [4.69, 9.17) is 11.6 Å². The lowest BCUT2D eigenvalue weighted by Gasteiger charge is -2.34. The molecule has 0 saturated carbocycles. The number of rotatable bonds is 2. The van der Waals surface area contributed by atoms with E-state index in [9.17, 15) is 5.11 Å². The third kappa shape index (κ3) is 2.92. The second-order valence-electron chi connectivity index (χ2n) is 6.23. The third-order valence-corrected chi connectivity index (χ3v) is 4.99. The van der Waals surface area contributed by atoms with Gasteiger partial charge in [-0.25, -0.2) is 4.98 Å². The van der Waals surface area contributed by atoms with Gasteiger partial charge in [0.25, 0.3) is 0 Å². The molecule has 23 heavy (non-hydrogen) atoms. The molecule has 2 unspecified atom stereocenters. The summed E-state index contributed by atoms with van der Waals surface area (Å²) in [6, 6.07) is 8.68. The highest BCUT2D eigenvalue weighted by Crippen LogP contribution is 2.27. The van der Waals surface area contributed by atoms with E-state index in [0.29, 0.717) is 11.7 Å². The summed E-state index contributed by atoms with van der Waals surface area (Å²) in [4.78, 5) is 12.8. The number of benzene rings is 1. The maximum absolute atomic E-state index is 10.5. The molecular formula is C17H19ClN4O. The first-order valence-corrected chi connectivity index (χ1v) is 8.30. The van der Waals surface area contributed by atoms with Gasteiger partial charge in [-0.3, -0.25) is 9.88 Å². The maximum atomic E-state index is 10.5. The first-order valence-electron chi connectivity index (χ1n) is 7.92. The predicted octanol–water partition coefficient (Wildman–Crippen LogP) is 1.74. The lowest BCUT2D eigenvalue weighted by Crippen LogP contribution is -2.45. The van der Waals surface area contributed by atoms with Crippen LogP contribution in [0.4, 0.5) is 5.82 Å². The van der Waals surface area contributed by atoms with E-state index in [-0.39, 0.29) is 12.1 Å². The van der Waals surface area contributed by atoms with Crippen LogP contribution in [0.15, 0.2) is 36.7 Å². The Morgan fingerprint density at radius 1 is 1.13 bits per heavy atom. The van der Waals surface area contributed by atoms with Crippen LogP contribution in [0.2, 0.25) is 5.15 Å². The molecule has 6 heteroatoms. The number of β-amino-alcohol motifs (C(OH)–C–C–N with tert-alkyl or cyclic N) is 1. The highest BCUT2D eigenvalue weighted by Gasteiger charge is 2.37. The smallest absolute Gasteiger partial charge is 0.149 e. The van der Waals surface area contributed by atoms with Crippen molar-refractivity contribution in [3.8, 4) is 0 Å². The van der Waals surface area contributed by atoms with Crippen LogP contribution in [0.3, 0.4) is 0 Å². The average Bonchev–Trinajstić information content (AvgIpc) is 2.96. The SMILES string of the molecule is OC1CN(c2cncc(Cl)n2)CC1N1CCc2ccccc2C1. The molecule has 0 amide bonds. The number of fused-ring (bicyclic) bond motifs is 1. The Balaban J connectivity index is 1.50. The van der Waals surface area contributed by atoms with E-state index in [1.165, 1.54) is 17.3 Å². The normalized spacial score (nSPS) is 24.7. The lowest BCUT2D eigenvalue weighted by atomic mass is 9.98. The van der Waals surface area contributed by atoms with E-state index >= 15 is 0 Å². The van der Waals surface area contributed by atoms with Gasteiger partial charge in [0.2, 0.25) is 0 Å². The molecule has 0 spiro atoms. The summed E-state index contributed by atoms with van der Waals surface area (Å²) < 4.78 is 0. The van der Waals surface area contributed by atoms with Gasteiger partial charge in [0.15, 0.2) is 0 Å². The molecule has 3 heterocycles. The van der Waals surface area contributed by atoms with E-state index in [0.717, 1.165) is 31.9 Å². The minimum atomic E-state index is -0.388. The Bertz CT molecular complexity index is 710. The number of hydrogen-bond acceptors (Lipinski definition) is 5. The van der Waals surface area contributed by atoms with Gasteiger partial charge in [-0.2, -0.15) is 0 Å². The summed E-state index contributed by atoms with van der Waals surface area (Å²) in [5.74, 6) is 0.733. The van der Waals surface area contributed by atoms with E-state index in [1.54, 1.807) is 6.20 Å². The standard InChI is InChI=1S/C17H19ClN4O/c18-16-7-19-8-17(20-16)22-10-14(15(23)11-22)21-6-5-12-3-1-2-4-13(12)9-21/h1-4,7-8,14-15,23H,5-6,9-11H2. The summed E-state index contributed by atoms with van der Waals surface area (Å²) in [7, 11) is 0. The molecule has 1 saturated heterocycles. The summed E-state index contributed by atoms with van der Waals surface area (Å²) in [5.41, 5.74) is 2.79. The summed E-state index contributed by atoms with van der Waals surface area (Å²) in [6.45, 7) is 3.19. The van der Waals surface area contributed by atoms with Crippen LogP contribution in [-0.2, 0) is 13.0 Å². The maximum Gasteiger partial charge on any atom is 0.149 e. The molecule has 2 aliphatic heterocycles. The zero-order chi connectivity index (χ0) is 15.8. The fourth-order valence-corrected chi connectivity index (χ4v) is 3.74. The molecule has 0 bridgehead atoms. The molecule has 1 fully saturated rings. The zero-order valence-electron chi connectivity index (χ0n) is 12.8. The van der Waals surface area contributed by atoms with Crippen molar-refractivity contribution < 1.29 is 5.11 Å². The molecule has 5 nitrogen and oxygen atoms in total. The van der Waals surface area contributed by atoms with Crippen LogP contribution in [-0.4, -0.2) is 51.8 Å². The second-order valence-corrected chi connectivity index (χ2v) is 6.62. The van der Waals surface area contributed by atoms with Gasteiger partial charge >= 0.3 is 0 Å². The number of hydrogen-bond donors (Lipinski definition) is 1. The zero-order valence-corrected chi connectivity index (χ0v) is 13.5. The first kappa shape index (κ1) is 14.9. The Morgan fingerprint density at radius 3 is 2.78 bits per heavy atom.